The number of hydrogen-bond acceptors (Lipinski definition) is 4. The number of aromatic nitrogens is 2. The zero-order chi connectivity index (χ0) is 13.0. The Labute approximate surface area is 124 Å². The van der Waals surface area contributed by atoms with Crippen LogP contribution in [-0.4, -0.2) is 17.1 Å². The molecule has 1 heterocycles. The van der Waals surface area contributed by atoms with Crippen molar-refractivity contribution in [2.24, 2.45) is 0 Å². The number of nitrogens with one attached hydrogen (secondary N) is 1. The molecule has 0 aliphatic heterocycles. The Morgan fingerprint density at radius 3 is 3.00 bits per heavy atom. The molecule has 0 bridgehead atoms. The molecule has 1 aromatic carbocycles. The average Bonchev–Trinajstić information content (AvgIpc) is 2.39. The fourth-order valence-corrected chi connectivity index (χ4v) is 2.24. The highest BCUT2D eigenvalue weighted by Gasteiger charge is 2.08. The monoisotopic (exact) mass is 375 g/mol. The van der Waals surface area contributed by atoms with Gasteiger partial charge in [-0.2, -0.15) is 0 Å². The first kappa shape index (κ1) is 13.4. The van der Waals surface area contributed by atoms with E-state index in [0.717, 1.165) is 20.7 Å². The minimum Gasteiger partial charge on any atom is -0.496 e. The molecule has 0 aliphatic carbocycles. The molecule has 94 valence electrons. The number of halogens is 2. The maximum Gasteiger partial charge on any atom is 0.143 e. The van der Waals surface area contributed by atoms with Crippen molar-refractivity contribution in [3.8, 4) is 5.75 Å². The van der Waals surface area contributed by atoms with Crippen molar-refractivity contribution < 1.29 is 4.74 Å². The first-order chi connectivity index (χ1) is 8.72. The second-order valence-electron chi connectivity index (χ2n) is 3.49. The van der Waals surface area contributed by atoms with Crippen molar-refractivity contribution in [1.82, 2.24) is 9.97 Å². The molecule has 2 rings (SSSR count). The minimum atomic E-state index is 0.551. The van der Waals surface area contributed by atoms with E-state index in [4.69, 9.17) is 16.3 Å². The molecule has 18 heavy (non-hydrogen) atoms. The Balaban J connectivity index is 2.18. The molecule has 0 saturated carbocycles. The number of hydrogen-bond donors (Lipinski definition) is 1. The Kier molecular flexibility index (Phi) is 4.60. The largest absolute Gasteiger partial charge is 0.496 e. The molecule has 4 nitrogen and oxygen atoms in total. The lowest BCUT2D eigenvalue weighted by Gasteiger charge is -2.12. The summed E-state index contributed by atoms with van der Waals surface area (Å²) < 4.78 is 6.25. The summed E-state index contributed by atoms with van der Waals surface area (Å²) in [4.78, 5) is 8.11. The van der Waals surface area contributed by atoms with Gasteiger partial charge in [0.15, 0.2) is 0 Å². The fourth-order valence-electron chi connectivity index (χ4n) is 1.52. The van der Waals surface area contributed by atoms with Crippen LogP contribution in [0.15, 0.2) is 30.7 Å². The highest BCUT2D eigenvalue weighted by Crippen LogP contribution is 2.27. The van der Waals surface area contributed by atoms with Gasteiger partial charge in [-0.25, -0.2) is 9.97 Å². The first-order valence-electron chi connectivity index (χ1n) is 5.23. The molecular formula is C12H11ClIN3O. The van der Waals surface area contributed by atoms with Gasteiger partial charge in [-0.3, -0.25) is 0 Å². The third-order valence-electron chi connectivity index (χ3n) is 2.40. The van der Waals surface area contributed by atoms with Gasteiger partial charge >= 0.3 is 0 Å². The molecule has 2 aromatic rings. The highest BCUT2D eigenvalue weighted by molar-refractivity contribution is 14.1. The van der Waals surface area contributed by atoms with E-state index in [0.29, 0.717) is 11.6 Å². The van der Waals surface area contributed by atoms with Crippen molar-refractivity contribution in [2.75, 3.05) is 12.4 Å². The van der Waals surface area contributed by atoms with E-state index >= 15 is 0 Å². The summed E-state index contributed by atoms with van der Waals surface area (Å²) in [6.07, 6.45) is 3.26. The Hall–Kier alpha value is -1.08. The van der Waals surface area contributed by atoms with E-state index in [-0.39, 0.29) is 0 Å². The molecule has 1 N–H and O–H groups in total. The lowest BCUT2D eigenvalue weighted by atomic mass is 10.2. The lowest BCUT2D eigenvalue weighted by Crippen LogP contribution is -2.05. The van der Waals surface area contributed by atoms with Crippen molar-refractivity contribution >= 4 is 40.0 Å². The number of nitrogens with zero attached hydrogens (tertiary/aromatic N) is 2. The number of ether oxygens (including phenoxy) is 1. The van der Waals surface area contributed by atoms with E-state index in [1.165, 1.54) is 6.33 Å². The number of methoxy groups -OCH3 is 1. The first-order valence-corrected chi connectivity index (χ1v) is 6.69. The normalized spacial score (nSPS) is 10.2. The van der Waals surface area contributed by atoms with Crippen LogP contribution in [0.25, 0.3) is 0 Å². The molecule has 0 saturated heterocycles. The molecule has 6 heteroatoms. The van der Waals surface area contributed by atoms with Gasteiger partial charge in [0.2, 0.25) is 0 Å². The molecule has 0 aliphatic rings. The molecule has 0 unspecified atom stereocenters. The molecule has 0 radical (unpaired) electrons. The zero-order valence-electron chi connectivity index (χ0n) is 9.65. The minimum absolute atomic E-state index is 0.551. The van der Waals surface area contributed by atoms with Crippen molar-refractivity contribution in [3.63, 3.8) is 0 Å². The van der Waals surface area contributed by atoms with Crippen LogP contribution in [0, 0.1) is 3.57 Å². The van der Waals surface area contributed by atoms with Crippen molar-refractivity contribution in [1.29, 1.82) is 0 Å². The summed E-state index contributed by atoms with van der Waals surface area (Å²) in [7, 11) is 1.63. The number of rotatable bonds is 4. The summed E-state index contributed by atoms with van der Waals surface area (Å²) in [6, 6.07) is 5.58. The summed E-state index contributed by atoms with van der Waals surface area (Å²) in [5.41, 5.74) is 0.913. The standard InChI is InChI=1S/C12H11ClIN3O/c1-18-11-4-2-3-9(13)8(11)5-16-12-10(14)6-15-7-17-12/h2-4,6-7H,5H2,1H3,(H,15,16,17). The van der Waals surface area contributed by atoms with Crippen LogP contribution in [0.5, 0.6) is 5.75 Å². The van der Waals surface area contributed by atoms with Crippen LogP contribution in [0.3, 0.4) is 0 Å². The summed E-state index contributed by atoms with van der Waals surface area (Å²) >= 11 is 8.34. The van der Waals surface area contributed by atoms with Gasteiger partial charge in [0.1, 0.15) is 17.9 Å². The van der Waals surface area contributed by atoms with Gasteiger partial charge in [-0.05, 0) is 34.7 Å². The van der Waals surface area contributed by atoms with E-state index < -0.39 is 0 Å². The third-order valence-corrected chi connectivity index (χ3v) is 3.54. The summed E-state index contributed by atoms with van der Waals surface area (Å²) in [6.45, 7) is 0.551. The van der Waals surface area contributed by atoms with Crippen LogP contribution in [0.1, 0.15) is 5.56 Å². The van der Waals surface area contributed by atoms with Gasteiger partial charge in [0, 0.05) is 23.3 Å². The van der Waals surface area contributed by atoms with Crippen LogP contribution in [0.2, 0.25) is 5.02 Å². The quantitative estimate of drug-likeness (QED) is 0.833. The van der Waals surface area contributed by atoms with Gasteiger partial charge in [0.05, 0.1) is 10.7 Å². The third kappa shape index (κ3) is 3.02. The topological polar surface area (TPSA) is 47.0 Å². The predicted octanol–water partition coefficient (Wildman–Crippen LogP) is 3.36. The average molecular weight is 376 g/mol. The van der Waals surface area contributed by atoms with Gasteiger partial charge < -0.3 is 10.1 Å². The Morgan fingerprint density at radius 1 is 1.44 bits per heavy atom. The van der Waals surface area contributed by atoms with Crippen molar-refractivity contribution in [2.45, 2.75) is 6.54 Å². The maximum atomic E-state index is 6.16. The van der Waals surface area contributed by atoms with Crippen molar-refractivity contribution in [3.05, 3.63) is 44.9 Å². The van der Waals surface area contributed by atoms with Gasteiger partial charge in [-0.1, -0.05) is 17.7 Å². The number of benzene rings is 1. The second kappa shape index (κ2) is 6.19. The Morgan fingerprint density at radius 2 is 2.28 bits per heavy atom. The molecule has 0 amide bonds. The molecule has 0 spiro atoms. The smallest absolute Gasteiger partial charge is 0.143 e. The molecule has 0 atom stereocenters. The molecule has 0 fully saturated rings. The van der Waals surface area contributed by atoms with Crippen LogP contribution >= 0.6 is 34.2 Å². The maximum absolute atomic E-state index is 6.16. The zero-order valence-corrected chi connectivity index (χ0v) is 12.6. The highest BCUT2D eigenvalue weighted by atomic mass is 127. The SMILES string of the molecule is COc1cccc(Cl)c1CNc1ncncc1I. The lowest BCUT2D eigenvalue weighted by molar-refractivity contribution is 0.410. The van der Waals surface area contributed by atoms with E-state index in [1.807, 2.05) is 18.2 Å². The van der Waals surface area contributed by atoms with Crippen LogP contribution in [0.4, 0.5) is 5.82 Å². The van der Waals surface area contributed by atoms with E-state index in [2.05, 4.69) is 37.9 Å². The fraction of sp³-hybridized carbons (Fsp3) is 0.167. The summed E-state index contributed by atoms with van der Waals surface area (Å²) in [5, 5.41) is 3.89. The second-order valence-corrected chi connectivity index (χ2v) is 5.06. The predicted molar refractivity (Wildman–Crippen MR) is 80.1 cm³/mol. The van der Waals surface area contributed by atoms with Crippen LogP contribution in [-0.2, 0) is 6.54 Å². The van der Waals surface area contributed by atoms with E-state index in [9.17, 15) is 0 Å². The molecule has 1 aromatic heterocycles. The Bertz CT molecular complexity index is 551. The van der Waals surface area contributed by atoms with Crippen LogP contribution < -0.4 is 10.1 Å². The van der Waals surface area contributed by atoms with Gasteiger partial charge in [-0.15, -0.1) is 0 Å². The van der Waals surface area contributed by atoms with E-state index in [1.54, 1.807) is 13.3 Å². The van der Waals surface area contributed by atoms with Gasteiger partial charge in [0.25, 0.3) is 0 Å². The number of anilines is 1. The molecular weight excluding hydrogens is 365 g/mol. The summed E-state index contributed by atoms with van der Waals surface area (Å²) in [5.74, 6) is 1.55.